The van der Waals surface area contributed by atoms with E-state index in [1.807, 2.05) is 6.07 Å². The third-order valence-electron chi connectivity index (χ3n) is 3.59. The minimum absolute atomic E-state index is 0.191. The number of methoxy groups -OCH3 is 2. The fraction of sp³-hybridized carbons (Fsp3) is 0.312. The van der Waals surface area contributed by atoms with E-state index in [4.69, 9.17) is 19.6 Å². The first-order chi connectivity index (χ1) is 10.5. The molecule has 0 aromatic heterocycles. The zero-order valence-corrected chi connectivity index (χ0v) is 12.5. The Kier molecular flexibility index (Phi) is 4.47. The van der Waals surface area contributed by atoms with E-state index in [-0.39, 0.29) is 17.2 Å². The first kappa shape index (κ1) is 15.6. The molecular formula is C16H16N2O4. The Hall–Kier alpha value is -2.81. The first-order valence-corrected chi connectivity index (χ1v) is 6.63. The maximum atomic E-state index is 12.1. The highest BCUT2D eigenvalue weighted by Gasteiger charge is 2.42. The van der Waals surface area contributed by atoms with E-state index >= 15 is 0 Å². The molecule has 0 amide bonds. The molecule has 6 heteroatoms. The lowest BCUT2D eigenvalue weighted by Gasteiger charge is -2.31. The van der Waals surface area contributed by atoms with Gasteiger partial charge in [0.25, 0.3) is 0 Å². The summed E-state index contributed by atoms with van der Waals surface area (Å²) in [4.78, 5) is 12.1. The van der Waals surface area contributed by atoms with Crippen LogP contribution in [0, 0.1) is 22.7 Å². The maximum absolute atomic E-state index is 12.1. The summed E-state index contributed by atoms with van der Waals surface area (Å²) in [5, 5.41) is 17.3. The molecule has 6 nitrogen and oxygen atoms in total. The molecule has 0 saturated carbocycles. The second-order valence-electron chi connectivity index (χ2n) is 4.75. The molecule has 1 aromatic rings. The number of carbonyl (C=O) groups is 1. The van der Waals surface area contributed by atoms with Gasteiger partial charge in [0.2, 0.25) is 5.90 Å². The summed E-state index contributed by atoms with van der Waals surface area (Å²) < 4.78 is 15.4. The van der Waals surface area contributed by atoms with Crippen molar-refractivity contribution in [1.29, 1.82) is 10.7 Å². The second kappa shape index (κ2) is 6.31. The van der Waals surface area contributed by atoms with Crippen LogP contribution < -0.4 is 4.74 Å². The van der Waals surface area contributed by atoms with Crippen molar-refractivity contribution in [3.63, 3.8) is 0 Å². The van der Waals surface area contributed by atoms with Gasteiger partial charge in [-0.15, -0.1) is 0 Å². The van der Waals surface area contributed by atoms with Gasteiger partial charge in [-0.25, -0.2) is 4.79 Å². The summed E-state index contributed by atoms with van der Waals surface area (Å²) in [6, 6.07) is 9.13. The van der Waals surface area contributed by atoms with Crippen molar-refractivity contribution in [2.45, 2.75) is 12.8 Å². The zero-order valence-electron chi connectivity index (χ0n) is 12.5. The van der Waals surface area contributed by atoms with Crippen LogP contribution in [-0.4, -0.2) is 26.1 Å². The summed E-state index contributed by atoms with van der Waals surface area (Å²) >= 11 is 0. The molecule has 2 atom stereocenters. The monoisotopic (exact) mass is 300 g/mol. The molecule has 1 aliphatic rings. The van der Waals surface area contributed by atoms with Gasteiger partial charge in [0.15, 0.2) is 0 Å². The van der Waals surface area contributed by atoms with Crippen LogP contribution in [0.4, 0.5) is 0 Å². The second-order valence-corrected chi connectivity index (χ2v) is 4.75. The number of nitrogens with one attached hydrogen (secondary N) is 1. The smallest absolute Gasteiger partial charge is 0.337 e. The SMILES string of the molecule is COC(=O)C1=C(C)OC(=N)C(C#N)C1c1ccccc1OC. The number of rotatable bonds is 3. The van der Waals surface area contributed by atoms with Gasteiger partial charge in [-0.3, -0.25) is 5.41 Å². The van der Waals surface area contributed by atoms with Crippen LogP contribution in [-0.2, 0) is 14.3 Å². The standard InChI is InChI=1S/C16H16N2O4/c1-9-13(16(19)21-3)14(11(8-17)15(18)22-9)10-6-4-5-7-12(10)20-2/h4-7,11,14,18H,1-3H3. The maximum Gasteiger partial charge on any atom is 0.337 e. The van der Waals surface area contributed by atoms with Crippen molar-refractivity contribution >= 4 is 11.9 Å². The van der Waals surface area contributed by atoms with Crippen molar-refractivity contribution in [3.8, 4) is 11.8 Å². The summed E-state index contributed by atoms with van der Waals surface area (Å²) in [6.45, 7) is 1.58. The Labute approximate surface area is 128 Å². The predicted octanol–water partition coefficient (Wildman–Crippen LogP) is 2.37. The van der Waals surface area contributed by atoms with Gasteiger partial charge in [0.1, 0.15) is 17.4 Å². The normalized spacial score (nSPS) is 20.9. The van der Waals surface area contributed by atoms with Gasteiger partial charge < -0.3 is 14.2 Å². The fourth-order valence-electron chi connectivity index (χ4n) is 2.59. The lowest BCUT2D eigenvalue weighted by molar-refractivity contribution is -0.136. The van der Waals surface area contributed by atoms with Gasteiger partial charge in [-0.2, -0.15) is 5.26 Å². The third-order valence-corrected chi connectivity index (χ3v) is 3.59. The molecule has 1 N–H and O–H groups in total. The van der Waals surface area contributed by atoms with E-state index in [0.717, 1.165) is 0 Å². The average molecular weight is 300 g/mol. The van der Waals surface area contributed by atoms with Crippen molar-refractivity contribution in [3.05, 3.63) is 41.2 Å². The Balaban J connectivity index is 2.69. The first-order valence-electron chi connectivity index (χ1n) is 6.63. The van der Waals surface area contributed by atoms with Crippen LogP contribution in [0.15, 0.2) is 35.6 Å². The molecule has 0 bridgehead atoms. The zero-order chi connectivity index (χ0) is 16.3. The molecule has 0 spiro atoms. The molecule has 1 heterocycles. The van der Waals surface area contributed by atoms with Gasteiger partial charge in [0, 0.05) is 11.5 Å². The van der Waals surface area contributed by atoms with Gasteiger partial charge in [-0.1, -0.05) is 18.2 Å². The van der Waals surface area contributed by atoms with Crippen LogP contribution in [0.3, 0.4) is 0 Å². The molecule has 0 saturated heterocycles. The van der Waals surface area contributed by atoms with Gasteiger partial charge >= 0.3 is 5.97 Å². The van der Waals surface area contributed by atoms with Crippen LogP contribution in [0.2, 0.25) is 0 Å². The quantitative estimate of drug-likeness (QED) is 0.865. The summed E-state index contributed by atoms with van der Waals surface area (Å²) in [5.74, 6) is -1.57. The number of carbonyl (C=O) groups excluding carboxylic acids is 1. The van der Waals surface area contributed by atoms with Crippen LogP contribution in [0.1, 0.15) is 18.4 Å². The number of hydrogen-bond donors (Lipinski definition) is 1. The number of nitrogens with zero attached hydrogens (tertiary/aromatic N) is 1. The van der Waals surface area contributed by atoms with Crippen molar-refractivity contribution in [2.24, 2.45) is 5.92 Å². The number of benzene rings is 1. The minimum atomic E-state index is -0.922. The molecule has 1 aromatic carbocycles. The molecule has 2 unspecified atom stereocenters. The number of hydrogen-bond acceptors (Lipinski definition) is 6. The largest absolute Gasteiger partial charge is 0.496 e. The third kappa shape index (κ3) is 2.53. The Morgan fingerprint density at radius 1 is 1.36 bits per heavy atom. The average Bonchev–Trinajstić information content (AvgIpc) is 2.53. The summed E-state index contributed by atoms with van der Waals surface area (Å²) in [7, 11) is 2.78. The highest BCUT2D eigenvalue weighted by molar-refractivity contribution is 5.96. The molecule has 2 rings (SSSR count). The van der Waals surface area contributed by atoms with Crippen LogP contribution in [0.5, 0.6) is 5.75 Å². The highest BCUT2D eigenvalue weighted by Crippen LogP contribution is 2.42. The molecule has 0 radical (unpaired) electrons. The molecular weight excluding hydrogens is 284 g/mol. The Bertz CT molecular complexity index is 688. The van der Waals surface area contributed by atoms with E-state index in [0.29, 0.717) is 11.3 Å². The van der Waals surface area contributed by atoms with E-state index in [1.165, 1.54) is 14.2 Å². The Morgan fingerprint density at radius 3 is 2.64 bits per heavy atom. The molecule has 22 heavy (non-hydrogen) atoms. The van der Waals surface area contributed by atoms with Crippen molar-refractivity contribution < 1.29 is 19.0 Å². The van der Waals surface area contributed by atoms with Crippen LogP contribution >= 0.6 is 0 Å². The number of allylic oxidation sites excluding steroid dienone is 1. The molecule has 0 fully saturated rings. The molecule has 114 valence electrons. The lowest BCUT2D eigenvalue weighted by Crippen LogP contribution is -2.33. The van der Waals surface area contributed by atoms with Crippen LogP contribution in [0.25, 0.3) is 0 Å². The van der Waals surface area contributed by atoms with Gasteiger partial charge in [-0.05, 0) is 13.0 Å². The van der Waals surface area contributed by atoms with E-state index in [1.54, 1.807) is 31.2 Å². The number of nitriles is 1. The van der Waals surface area contributed by atoms with E-state index in [9.17, 15) is 10.1 Å². The number of esters is 1. The fourth-order valence-corrected chi connectivity index (χ4v) is 2.59. The van der Waals surface area contributed by atoms with E-state index in [2.05, 4.69) is 0 Å². The summed E-state index contributed by atoms with van der Waals surface area (Å²) in [5.41, 5.74) is 0.874. The number of para-hydroxylation sites is 1. The van der Waals surface area contributed by atoms with E-state index < -0.39 is 17.8 Å². The predicted molar refractivity (Wildman–Crippen MR) is 78.4 cm³/mol. The van der Waals surface area contributed by atoms with Crippen molar-refractivity contribution in [2.75, 3.05) is 14.2 Å². The molecule has 0 aliphatic carbocycles. The van der Waals surface area contributed by atoms with Gasteiger partial charge in [0.05, 0.1) is 25.9 Å². The molecule has 1 aliphatic heterocycles. The highest BCUT2D eigenvalue weighted by atomic mass is 16.5. The summed E-state index contributed by atoms with van der Waals surface area (Å²) in [6.07, 6.45) is 0. The Morgan fingerprint density at radius 2 is 2.05 bits per heavy atom. The lowest BCUT2D eigenvalue weighted by atomic mass is 9.78. The number of ether oxygens (including phenoxy) is 3. The van der Waals surface area contributed by atoms with Crippen molar-refractivity contribution in [1.82, 2.24) is 0 Å². The topological polar surface area (TPSA) is 92.4 Å². The minimum Gasteiger partial charge on any atom is -0.496 e.